The minimum atomic E-state index is -0.230. The van der Waals surface area contributed by atoms with Crippen molar-refractivity contribution in [1.29, 1.82) is 0 Å². The predicted molar refractivity (Wildman–Crippen MR) is 92.9 cm³/mol. The van der Waals surface area contributed by atoms with E-state index in [-0.39, 0.29) is 6.10 Å². The summed E-state index contributed by atoms with van der Waals surface area (Å²) < 4.78 is 0. The molecule has 0 fully saturated rings. The van der Waals surface area contributed by atoms with Crippen molar-refractivity contribution in [3.63, 3.8) is 0 Å². The molecule has 0 rings (SSSR count). The molecule has 0 aromatic heterocycles. The molecule has 0 aromatic carbocycles. The third-order valence-corrected chi connectivity index (χ3v) is 4.21. The summed E-state index contributed by atoms with van der Waals surface area (Å²) in [5.41, 5.74) is 0. The summed E-state index contributed by atoms with van der Waals surface area (Å²) in [5.74, 6) is 0. The number of nitrogens with zero attached hydrogens (tertiary/aromatic N) is 3. The third kappa shape index (κ3) is 11.1. The molecule has 4 heteroatoms. The molecule has 1 unspecified atom stereocenters. The van der Waals surface area contributed by atoms with Gasteiger partial charge in [0, 0.05) is 6.54 Å². The highest BCUT2D eigenvalue weighted by molar-refractivity contribution is 4.65. The molecule has 21 heavy (non-hydrogen) atoms. The fourth-order valence-electron chi connectivity index (χ4n) is 2.78. The van der Waals surface area contributed by atoms with Gasteiger partial charge in [0.1, 0.15) is 0 Å². The summed E-state index contributed by atoms with van der Waals surface area (Å²) in [6.07, 6.45) is 2.16. The van der Waals surface area contributed by atoms with E-state index in [9.17, 15) is 5.11 Å². The van der Waals surface area contributed by atoms with Gasteiger partial charge >= 0.3 is 0 Å². The first-order chi connectivity index (χ1) is 10.1. The van der Waals surface area contributed by atoms with Crippen molar-refractivity contribution in [2.24, 2.45) is 0 Å². The largest absolute Gasteiger partial charge is 0.392 e. The standard InChI is InChI=1S/C17H39N3O/c1-6-18(7-2)12-10-14-20(16-17(5)21)15-11-13-19(8-3)9-4/h17,21H,6-16H2,1-5H3. The maximum atomic E-state index is 9.66. The van der Waals surface area contributed by atoms with Crippen LogP contribution in [0.25, 0.3) is 0 Å². The van der Waals surface area contributed by atoms with Gasteiger partial charge in [-0.2, -0.15) is 0 Å². The van der Waals surface area contributed by atoms with E-state index in [1.807, 2.05) is 6.92 Å². The van der Waals surface area contributed by atoms with Crippen LogP contribution in [0.1, 0.15) is 47.5 Å². The van der Waals surface area contributed by atoms with Crippen molar-refractivity contribution in [3.05, 3.63) is 0 Å². The van der Waals surface area contributed by atoms with Crippen LogP contribution in [-0.4, -0.2) is 84.8 Å². The Kier molecular flexibility index (Phi) is 13.4. The lowest BCUT2D eigenvalue weighted by atomic mass is 10.2. The molecule has 0 aliphatic rings. The van der Waals surface area contributed by atoms with Gasteiger partial charge in [-0.15, -0.1) is 0 Å². The molecular formula is C17H39N3O. The Bertz CT molecular complexity index is 198. The number of rotatable bonds is 14. The molecule has 0 saturated heterocycles. The van der Waals surface area contributed by atoms with Gasteiger partial charge in [-0.25, -0.2) is 0 Å². The lowest BCUT2D eigenvalue weighted by molar-refractivity contribution is 0.119. The number of aliphatic hydroxyl groups is 1. The lowest BCUT2D eigenvalue weighted by Crippen LogP contribution is -2.36. The highest BCUT2D eigenvalue weighted by Gasteiger charge is 2.09. The lowest BCUT2D eigenvalue weighted by Gasteiger charge is -2.27. The van der Waals surface area contributed by atoms with Crippen LogP contribution in [0, 0.1) is 0 Å². The van der Waals surface area contributed by atoms with E-state index in [1.54, 1.807) is 0 Å². The van der Waals surface area contributed by atoms with Crippen molar-refractivity contribution in [1.82, 2.24) is 14.7 Å². The second kappa shape index (κ2) is 13.5. The summed E-state index contributed by atoms with van der Waals surface area (Å²) in [7, 11) is 0. The molecule has 0 spiro atoms. The summed E-state index contributed by atoms with van der Waals surface area (Å²) in [5, 5.41) is 9.66. The molecule has 0 heterocycles. The van der Waals surface area contributed by atoms with Gasteiger partial charge < -0.3 is 19.8 Å². The van der Waals surface area contributed by atoms with Crippen molar-refractivity contribution in [2.45, 2.75) is 53.6 Å². The van der Waals surface area contributed by atoms with Crippen LogP contribution < -0.4 is 0 Å². The topological polar surface area (TPSA) is 30.0 Å². The van der Waals surface area contributed by atoms with Gasteiger partial charge in [0.15, 0.2) is 0 Å². The average molecular weight is 302 g/mol. The Morgan fingerprint density at radius 1 is 0.667 bits per heavy atom. The third-order valence-electron chi connectivity index (χ3n) is 4.21. The van der Waals surface area contributed by atoms with Gasteiger partial charge in [0.25, 0.3) is 0 Å². The smallest absolute Gasteiger partial charge is 0.0639 e. The molecule has 4 nitrogen and oxygen atoms in total. The molecule has 0 aliphatic carbocycles. The van der Waals surface area contributed by atoms with Gasteiger partial charge in [0.2, 0.25) is 0 Å². The van der Waals surface area contributed by atoms with Crippen molar-refractivity contribution in [2.75, 3.05) is 58.9 Å². The minimum Gasteiger partial charge on any atom is -0.392 e. The van der Waals surface area contributed by atoms with E-state index >= 15 is 0 Å². The first kappa shape index (κ1) is 20.8. The average Bonchev–Trinajstić information content (AvgIpc) is 2.47. The zero-order valence-electron chi connectivity index (χ0n) is 15.1. The Morgan fingerprint density at radius 3 is 1.29 bits per heavy atom. The summed E-state index contributed by atoms with van der Waals surface area (Å²) in [6, 6.07) is 0. The molecule has 0 amide bonds. The molecule has 0 aromatic rings. The molecule has 0 saturated carbocycles. The molecular weight excluding hydrogens is 262 g/mol. The van der Waals surface area contributed by atoms with Crippen LogP contribution in [0.5, 0.6) is 0 Å². The van der Waals surface area contributed by atoms with E-state index in [4.69, 9.17) is 0 Å². The highest BCUT2D eigenvalue weighted by Crippen LogP contribution is 2.01. The maximum Gasteiger partial charge on any atom is 0.0639 e. The van der Waals surface area contributed by atoms with Crippen LogP contribution in [0.2, 0.25) is 0 Å². The fourth-order valence-corrected chi connectivity index (χ4v) is 2.78. The summed E-state index contributed by atoms with van der Waals surface area (Å²) in [6.45, 7) is 20.6. The number of hydrogen-bond acceptors (Lipinski definition) is 4. The second-order valence-electron chi connectivity index (χ2n) is 5.91. The SMILES string of the molecule is CCN(CC)CCCN(CCCN(CC)CC)CC(C)O. The van der Waals surface area contributed by atoms with Crippen LogP contribution in [-0.2, 0) is 0 Å². The monoisotopic (exact) mass is 301 g/mol. The van der Waals surface area contributed by atoms with Crippen LogP contribution >= 0.6 is 0 Å². The van der Waals surface area contributed by atoms with Crippen molar-refractivity contribution >= 4 is 0 Å². The zero-order chi connectivity index (χ0) is 16.1. The Hall–Kier alpha value is -0.160. The van der Waals surface area contributed by atoms with Crippen LogP contribution in [0.3, 0.4) is 0 Å². The Labute approximate surface area is 133 Å². The molecule has 0 bridgehead atoms. The fraction of sp³-hybridized carbons (Fsp3) is 1.00. The quantitative estimate of drug-likeness (QED) is 0.532. The summed E-state index contributed by atoms with van der Waals surface area (Å²) in [4.78, 5) is 7.37. The normalized spacial score (nSPS) is 13.6. The van der Waals surface area contributed by atoms with Crippen LogP contribution in [0.15, 0.2) is 0 Å². The van der Waals surface area contributed by atoms with Crippen molar-refractivity contribution in [3.8, 4) is 0 Å². The molecule has 0 aliphatic heterocycles. The van der Waals surface area contributed by atoms with E-state index in [1.165, 1.54) is 25.9 Å². The first-order valence-electron chi connectivity index (χ1n) is 8.92. The van der Waals surface area contributed by atoms with E-state index < -0.39 is 0 Å². The second-order valence-corrected chi connectivity index (χ2v) is 5.91. The first-order valence-corrected chi connectivity index (χ1v) is 8.92. The molecule has 1 atom stereocenters. The number of aliphatic hydroxyl groups excluding tert-OH is 1. The summed E-state index contributed by atoms with van der Waals surface area (Å²) >= 11 is 0. The van der Waals surface area contributed by atoms with E-state index in [2.05, 4.69) is 42.4 Å². The van der Waals surface area contributed by atoms with Gasteiger partial charge in [-0.1, -0.05) is 27.7 Å². The maximum absolute atomic E-state index is 9.66. The number of hydrogen-bond donors (Lipinski definition) is 1. The Balaban J connectivity index is 4.02. The van der Waals surface area contributed by atoms with Gasteiger partial charge in [0.05, 0.1) is 6.10 Å². The van der Waals surface area contributed by atoms with Crippen LogP contribution in [0.4, 0.5) is 0 Å². The predicted octanol–water partition coefficient (Wildman–Crippen LogP) is 2.13. The molecule has 128 valence electrons. The zero-order valence-corrected chi connectivity index (χ0v) is 15.1. The Morgan fingerprint density at radius 2 is 1.00 bits per heavy atom. The molecule has 0 radical (unpaired) electrons. The molecule has 1 N–H and O–H groups in total. The highest BCUT2D eigenvalue weighted by atomic mass is 16.3. The van der Waals surface area contributed by atoms with E-state index in [0.29, 0.717) is 0 Å². The van der Waals surface area contributed by atoms with Gasteiger partial charge in [-0.3, -0.25) is 0 Å². The van der Waals surface area contributed by atoms with Crippen molar-refractivity contribution < 1.29 is 5.11 Å². The minimum absolute atomic E-state index is 0.230. The van der Waals surface area contributed by atoms with Gasteiger partial charge in [-0.05, 0) is 72.1 Å². The van der Waals surface area contributed by atoms with E-state index in [0.717, 1.165) is 45.8 Å².